The molecule has 1 fully saturated rings. The van der Waals surface area contributed by atoms with Crippen molar-refractivity contribution < 1.29 is 4.39 Å². The molecule has 2 unspecified atom stereocenters. The third kappa shape index (κ3) is 4.44. The lowest BCUT2D eigenvalue weighted by Crippen LogP contribution is -2.28. The number of nitrogens with two attached hydrogens (primary N) is 1. The number of aryl methyl sites for hydroxylation is 1. The van der Waals surface area contributed by atoms with Gasteiger partial charge >= 0.3 is 0 Å². The zero-order valence-electron chi connectivity index (χ0n) is 15.1. The molecular formula is C19H26FN5. The Bertz CT molecular complexity index is 741. The molecule has 0 saturated heterocycles. The zero-order valence-corrected chi connectivity index (χ0v) is 15.1. The second-order valence-corrected chi connectivity index (χ2v) is 7.45. The fraction of sp³-hybridized carbons (Fsp3) is 0.526. The number of nitrogen functional groups attached to an aromatic ring is 1. The first-order valence-electron chi connectivity index (χ1n) is 8.84. The van der Waals surface area contributed by atoms with Crippen LogP contribution >= 0.6 is 0 Å². The van der Waals surface area contributed by atoms with Crippen LogP contribution in [0.25, 0.3) is 0 Å². The number of anilines is 2. The summed E-state index contributed by atoms with van der Waals surface area (Å²) in [7, 11) is 0. The fourth-order valence-corrected chi connectivity index (χ4v) is 3.50. The third-order valence-corrected chi connectivity index (χ3v) is 4.74. The molecule has 1 aromatic carbocycles. The first kappa shape index (κ1) is 17.6. The lowest BCUT2D eigenvalue weighted by atomic mass is 9.94. The van der Waals surface area contributed by atoms with Gasteiger partial charge in [-0.1, -0.05) is 36.2 Å². The van der Waals surface area contributed by atoms with Gasteiger partial charge in [-0.05, 0) is 51.5 Å². The van der Waals surface area contributed by atoms with E-state index in [0.29, 0.717) is 11.9 Å². The zero-order chi connectivity index (χ0) is 18.0. The number of aromatic nitrogens is 3. The van der Waals surface area contributed by atoms with Gasteiger partial charge in [-0.25, -0.2) is 4.39 Å². The van der Waals surface area contributed by atoms with Gasteiger partial charge in [-0.15, -0.1) is 0 Å². The van der Waals surface area contributed by atoms with E-state index in [-0.39, 0.29) is 17.8 Å². The number of alkyl halides is 1. The summed E-state index contributed by atoms with van der Waals surface area (Å²) in [5.41, 5.74) is 6.71. The lowest BCUT2D eigenvalue weighted by molar-refractivity contribution is 0.206. The minimum Gasteiger partial charge on any atom is -0.368 e. The molecule has 1 aliphatic carbocycles. The quantitative estimate of drug-likeness (QED) is 0.864. The summed E-state index contributed by atoms with van der Waals surface area (Å²) in [6.07, 6.45) is 4.39. The first-order valence-corrected chi connectivity index (χ1v) is 8.84. The molecule has 0 spiro atoms. The number of nitrogens with zero attached hydrogens (tertiary/aromatic N) is 3. The van der Waals surface area contributed by atoms with Crippen molar-refractivity contribution in [1.82, 2.24) is 15.0 Å². The van der Waals surface area contributed by atoms with Crippen LogP contribution in [0.2, 0.25) is 0 Å². The van der Waals surface area contributed by atoms with Crippen LogP contribution < -0.4 is 11.1 Å². The van der Waals surface area contributed by atoms with Gasteiger partial charge in [0.1, 0.15) is 0 Å². The Morgan fingerprint density at radius 2 is 2.04 bits per heavy atom. The van der Waals surface area contributed by atoms with Crippen molar-refractivity contribution in [3.05, 3.63) is 41.2 Å². The molecule has 6 heteroatoms. The van der Waals surface area contributed by atoms with E-state index in [1.807, 2.05) is 0 Å². The standard InChI is InChI=1S/C19H26FN5/c1-12-6-4-7-13(10-12)11-14-8-5-9-15(14)22-18-24-16(19(2,3)20)23-17(21)25-18/h4,6-7,10,14-15H,5,8-9,11H2,1-3H3,(H3,21,22,23,24,25). The maximum absolute atomic E-state index is 14.2. The summed E-state index contributed by atoms with van der Waals surface area (Å²) in [6.45, 7) is 4.95. The normalized spacial score (nSPS) is 20.6. The van der Waals surface area contributed by atoms with Crippen LogP contribution in [0.3, 0.4) is 0 Å². The van der Waals surface area contributed by atoms with Gasteiger partial charge in [0.2, 0.25) is 11.9 Å². The van der Waals surface area contributed by atoms with Crippen molar-refractivity contribution in [3.8, 4) is 0 Å². The van der Waals surface area contributed by atoms with Gasteiger partial charge in [0.15, 0.2) is 11.5 Å². The number of benzene rings is 1. The Morgan fingerprint density at radius 1 is 1.24 bits per heavy atom. The predicted octanol–water partition coefficient (Wildman–Crippen LogP) is 3.79. The molecule has 0 radical (unpaired) electrons. The minimum atomic E-state index is -1.65. The van der Waals surface area contributed by atoms with Crippen LogP contribution in [-0.2, 0) is 12.1 Å². The van der Waals surface area contributed by atoms with E-state index in [1.54, 1.807) is 0 Å². The highest BCUT2D eigenvalue weighted by molar-refractivity contribution is 5.34. The Morgan fingerprint density at radius 3 is 2.76 bits per heavy atom. The SMILES string of the molecule is Cc1cccc(CC2CCCC2Nc2nc(N)nc(C(C)(C)F)n2)c1. The molecule has 0 amide bonds. The van der Waals surface area contributed by atoms with E-state index >= 15 is 0 Å². The Balaban J connectivity index is 1.74. The smallest absolute Gasteiger partial charge is 0.228 e. The topological polar surface area (TPSA) is 76.7 Å². The largest absolute Gasteiger partial charge is 0.368 e. The molecule has 0 aliphatic heterocycles. The van der Waals surface area contributed by atoms with Crippen LogP contribution in [0.15, 0.2) is 24.3 Å². The Hall–Kier alpha value is -2.24. The van der Waals surface area contributed by atoms with Crippen LogP contribution in [0, 0.1) is 12.8 Å². The molecule has 2 atom stereocenters. The van der Waals surface area contributed by atoms with E-state index in [9.17, 15) is 4.39 Å². The molecule has 3 N–H and O–H groups in total. The number of rotatable bonds is 5. The second kappa shape index (κ2) is 6.94. The van der Waals surface area contributed by atoms with Crippen LogP contribution in [0.1, 0.15) is 50.1 Å². The average Bonchev–Trinajstić information content (AvgIpc) is 2.93. The molecular weight excluding hydrogens is 317 g/mol. The highest BCUT2D eigenvalue weighted by atomic mass is 19.1. The predicted molar refractivity (Wildman–Crippen MR) is 98.0 cm³/mol. The first-order chi connectivity index (χ1) is 11.8. The van der Waals surface area contributed by atoms with Gasteiger partial charge in [-0.2, -0.15) is 15.0 Å². The van der Waals surface area contributed by atoms with Crippen molar-refractivity contribution in [2.24, 2.45) is 5.92 Å². The van der Waals surface area contributed by atoms with Gasteiger partial charge in [0.25, 0.3) is 0 Å². The van der Waals surface area contributed by atoms with Crippen molar-refractivity contribution >= 4 is 11.9 Å². The van der Waals surface area contributed by atoms with Gasteiger partial charge < -0.3 is 11.1 Å². The molecule has 2 aromatic rings. The summed E-state index contributed by atoms with van der Waals surface area (Å²) in [5.74, 6) is 0.984. The molecule has 0 bridgehead atoms. The summed E-state index contributed by atoms with van der Waals surface area (Å²) < 4.78 is 14.2. The maximum atomic E-state index is 14.2. The third-order valence-electron chi connectivity index (χ3n) is 4.74. The summed E-state index contributed by atoms with van der Waals surface area (Å²) in [4.78, 5) is 12.3. The molecule has 1 aromatic heterocycles. The van der Waals surface area contributed by atoms with Crippen molar-refractivity contribution in [2.75, 3.05) is 11.1 Å². The number of hydrogen-bond acceptors (Lipinski definition) is 5. The number of hydrogen-bond donors (Lipinski definition) is 2. The summed E-state index contributed by atoms with van der Waals surface area (Å²) in [5, 5.41) is 3.37. The maximum Gasteiger partial charge on any atom is 0.228 e. The van der Waals surface area contributed by atoms with Gasteiger partial charge in [-0.3, -0.25) is 0 Å². The summed E-state index contributed by atoms with van der Waals surface area (Å²) >= 11 is 0. The molecule has 5 nitrogen and oxygen atoms in total. The molecule has 3 rings (SSSR count). The van der Waals surface area contributed by atoms with E-state index < -0.39 is 5.67 Å². The van der Waals surface area contributed by atoms with E-state index in [4.69, 9.17) is 5.73 Å². The van der Waals surface area contributed by atoms with Crippen molar-refractivity contribution in [3.63, 3.8) is 0 Å². The molecule has 25 heavy (non-hydrogen) atoms. The van der Waals surface area contributed by atoms with Crippen molar-refractivity contribution in [1.29, 1.82) is 0 Å². The highest BCUT2D eigenvalue weighted by Crippen LogP contribution is 2.31. The monoisotopic (exact) mass is 343 g/mol. The molecule has 1 aliphatic rings. The fourth-order valence-electron chi connectivity index (χ4n) is 3.50. The highest BCUT2D eigenvalue weighted by Gasteiger charge is 2.29. The minimum absolute atomic E-state index is 0.0476. The summed E-state index contributed by atoms with van der Waals surface area (Å²) in [6, 6.07) is 8.89. The van der Waals surface area contributed by atoms with Crippen molar-refractivity contribution in [2.45, 2.75) is 58.2 Å². The molecule has 1 saturated carbocycles. The van der Waals surface area contributed by atoms with E-state index in [2.05, 4.69) is 51.5 Å². The second-order valence-electron chi connectivity index (χ2n) is 7.45. The Labute approximate surface area is 148 Å². The molecule has 134 valence electrons. The Kier molecular flexibility index (Phi) is 4.88. The average molecular weight is 343 g/mol. The number of halogens is 1. The van der Waals surface area contributed by atoms with E-state index in [0.717, 1.165) is 25.7 Å². The molecule has 1 heterocycles. The van der Waals surface area contributed by atoms with Crippen LogP contribution in [0.5, 0.6) is 0 Å². The lowest BCUT2D eigenvalue weighted by Gasteiger charge is -2.22. The van der Waals surface area contributed by atoms with Crippen LogP contribution in [-0.4, -0.2) is 21.0 Å². The van der Waals surface area contributed by atoms with E-state index in [1.165, 1.54) is 25.0 Å². The van der Waals surface area contributed by atoms with Gasteiger partial charge in [0, 0.05) is 6.04 Å². The van der Waals surface area contributed by atoms with Crippen LogP contribution in [0.4, 0.5) is 16.3 Å². The van der Waals surface area contributed by atoms with Gasteiger partial charge in [0.05, 0.1) is 0 Å². The number of nitrogens with one attached hydrogen (secondary N) is 1.